The van der Waals surface area contributed by atoms with Crippen LogP contribution in [0.5, 0.6) is 5.75 Å². The van der Waals surface area contributed by atoms with Gasteiger partial charge in [0.2, 0.25) is 5.91 Å². The van der Waals surface area contributed by atoms with Gasteiger partial charge in [-0.15, -0.1) is 0 Å². The number of hydrogen-bond acceptors (Lipinski definition) is 25. The van der Waals surface area contributed by atoms with Gasteiger partial charge in [0.05, 0.1) is 155 Å². The van der Waals surface area contributed by atoms with E-state index in [4.69, 9.17) is 29.9 Å². The van der Waals surface area contributed by atoms with E-state index in [1.807, 2.05) is 59.5 Å². The summed E-state index contributed by atoms with van der Waals surface area (Å²) in [6.45, 7) is 16.9. The highest BCUT2D eigenvalue weighted by Gasteiger charge is 2.42. The molecule has 0 bridgehead atoms. The van der Waals surface area contributed by atoms with E-state index in [9.17, 15) is 62.8 Å². The summed E-state index contributed by atoms with van der Waals surface area (Å²) < 4.78 is 116. The first kappa shape index (κ1) is 96.9. The zero-order chi connectivity index (χ0) is 94.4. The quantitative estimate of drug-likeness (QED) is 0.0367. The lowest BCUT2D eigenvalue weighted by molar-refractivity contribution is -0.186. The maximum atomic E-state index is 13.4. The van der Waals surface area contributed by atoms with Gasteiger partial charge in [0, 0.05) is 102 Å². The number of primary amides is 1. The van der Waals surface area contributed by atoms with Gasteiger partial charge in [0.25, 0.3) is 23.6 Å². The number of nitrogens with two attached hydrogens (primary N) is 1. The molecule has 18 rings (SSSR count). The second kappa shape index (κ2) is 40.7. The molecule has 1 saturated carbocycles. The fourth-order valence-corrected chi connectivity index (χ4v) is 20.3. The Morgan fingerprint density at radius 1 is 0.515 bits per heavy atom. The average molecular weight is 1900 g/mol. The number of carbonyl (C=O) groups is 5. The van der Waals surface area contributed by atoms with Gasteiger partial charge in [-0.05, 0) is 134 Å². The smallest absolute Gasteiger partial charge is 0.258 e. The standard InChI is InChI=1S/C25H24N4O4S.C24H24N4O4S.C24H27N3O5S.C23H27N5O4S.CH4.3H2/c1-16(2)34(31,32)19-9-7-17(8-10-19)21-14-27-24-23(28-21)20(13-26-24)25(30)29-11-12-33-22-6-4-3-5-18(22)15-29;1-15(2)33(31,32)19-9-7-16(8-10-19)21-13-26-23-22(28-21)20(12-25-23)24(30)27-11-17-5-3-4-6-18(17)14-29;1-16(2)33(29,30)18-5-3-17(4-6-18)21-15-25-20-8-7-19(22(20)26-21)23(28)27-11-9-24(10-12-27)31-13-14-32-24;1-14(2)33(31,32)17-9-7-15(8-10-17)19-12-26-22-21(27-19)18(11-25-22)23(30)28(13-20(24)29)16-5-3-4-6-16;;;;/h3-10,13-14,16H,11-12,15H2,1-2H3,(H,26,27);3-10,12-13,15,29H,11,14H2,1-2H3,(H,25,26)(H,27,30);3-7,15-16H,8-14H2,1-2H3;7-12,14,16H,3-6,13H2,1-2H3,(H2,24,29)(H,25,26);1H4;3*1H. The number of aromatic nitrogens is 11. The van der Waals surface area contributed by atoms with E-state index < -0.39 is 72.0 Å². The fourth-order valence-electron chi connectivity index (χ4n) is 16.1. The predicted molar refractivity (Wildman–Crippen MR) is 513 cm³/mol. The largest absolute Gasteiger partial charge is 0.491 e. The average Bonchev–Trinajstić information content (AvgIpc) is 1.62. The number of nitrogens with one attached hydrogen (secondary N) is 4. The molecule has 10 heterocycles. The van der Waals surface area contributed by atoms with E-state index in [0.717, 1.165) is 59.4 Å². The molecule has 0 radical (unpaired) electrons. The van der Waals surface area contributed by atoms with E-state index >= 15 is 0 Å². The minimum absolute atomic E-state index is 0. The van der Waals surface area contributed by atoms with Gasteiger partial charge < -0.3 is 60.0 Å². The number of ether oxygens (including phenoxy) is 3. The van der Waals surface area contributed by atoms with Gasteiger partial charge in [-0.25, -0.2) is 68.6 Å². The topological polar surface area (TPSA) is 468 Å². The Hall–Kier alpha value is -13.2. The zero-order valence-electron chi connectivity index (χ0n) is 74.5. The number of carbonyl (C=O) groups excluding carboxylic acids is 5. The van der Waals surface area contributed by atoms with Crippen molar-refractivity contribution in [2.45, 2.75) is 180 Å². The number of aliphatic hydroxyl groups excluding tert-OH is 1. The van der Waals surface area contributed by atoms with Crippen LogP contribution in [0.15, 0.2) is 215 Å². The monoisotopic (exact) mass is 1900 g/mol. The predicted octanol–water partition coefficient (Wildman–Crippen LogP) is 13.8. The Bertz CT molecular complexity index is 7090. The molecule has 3 aliphatic heterocycles. The van der Waals surface area contributed by atoms with Crippen LogP contribution >= 0.6 is 0 Å². The normalized spacial score (nSPS) is 14.9. The molecular weight excluding hydrogens is 1790 g/mol. The third kappa shape index (κ3) is 20.8. The molecule has 5 aliphatic rings. The summed E-state index contributed by atoms with van der Waals surface area (Å²) in [7, 11) is -13.4. The van der Waals surface area contributed by atoms with Crippen molar-refractivity contribution in [3.63, 3.8) is 0 Å². The third-order valence-corrected chi connectivity index (χ3v) is 32.7. The molecule has 13 aromatic rings. The number of fused-ring (bicyclic) bond motifs is 5. The van der Waals surface area contributed by atoms with Crippen LogP contribution in [0.2, 0.25) is 0 Å². The van der Waals surface area contributed by atoms with E-state index in [1.165, 1.54) is 4.90 Å². The molecule has 37 heteroatoms. The lowest BCUT2D eigenvalue weighted by atomic mass is 10.0. The van der Waals surface area contributed by atoms with Gasteiger partial charge in [0.1, 0.15) is 28.9 Å². The van der Waals surface area contributed by atoms with Crippen LogP contribution in [0.4, 0.5) is 0 Å². The van der Waals surface area contributed by atoms with E-state index in [-0.39, 0.29) is 80.7 Å². The number of rotatable bonds is 22. The van der Waals surface area contributed by atoms with Crippen LogP contribution in [-0.2, 0) is 84.5 Å². The highest BCUT2D eigenvalue weighted by Crippen LogP contribution is 2.37. The number of amides is 5. The first-order valence-corrected chi connectivity index (χ1v) is 49.9. The number of aliphatic hydroxyl groups is 1. The second-order valence-corrected chi connectivity index (χ2v) is 43.9. The van der Waals surface area contributed by atoms with Crippen molar-refractivity contribution >= 4 is 108 Å². The first-order valence-electron chi connectivity index (χ1n) is 43.7. The summed E-state index contributed by atoms with van der Waals surface area (Å²) in [5.74, 6) is -1.13. The lowest BCUT2D eigenvalue weighted by Gasteiger charge is -2.37. The number of aromatic amines is 3. The Balaban J connectivity index is 0.000000174. The van der Waals surface area contributed by atoms with Crippen molar-refractivity contribution in [2.75, 3.05) is 46.0 Å². The Morgan fingerprint density at radius 3 is 1.40 bits per heavy atom. The number of H-pyrrole nitrogens is 3. The molecule has 0 unspecified atom stereocenters. The molecule has 0 atom stereocenters. The summed E-state index contributed by atoms with van der Waals surface area (Å²) in [5.41, 5.74) is 18.7. The first-order chi connectivity index (χ1) is 63.6. The Labute approximate surface area is 781 Å². The lowest BCUT2D eigenvalue weighted by Crippen LogP contribution is -2.47. The SMILES string of the molecule is C.CC(C)S(=O)(=O)c1ccc(-c2cnc3[nH]cc(C(=O)N(CC(N)=O)C4CCCC4)c3n2)cc1.CC(C)S(=O)(=O)c1ccc(-c2cnc3[nH]cc(C(=O)N4CCOc5ccccc5C4)c3n2)cc1.CC(C)S(=O)(=O)c1ccc(-c2cnc3[nH]cc(C(=O)NCc4ccccc4CO)c3n2)cc1.CC(C)S(=O)(=O)c1ccc(-c2cnc3c(n2)C(C(=O)N2CCC4(CC2)OCCO4)=CC3)cc1.[HH].[HH].[HH]. The van der Waals surface area contributed by atoms with Crippen LogP contribution in [0.1, 0.15) is 165 Å². The summed E-state index contributed by atoms with van der Waals surface area (Å²) in [6, 6.07) is 41.2. The van der Waals surface area contributed by atoms with E-state index in [2.05, 4.69) is 50.2 Å². The molecule has 33 nitrogen and oxygen atoms in total. The molecule has 1 spiro atoms. The Morgan fingerprint density at radius 2 is 0.933 bits per heavy atom. The molecule has 7 aromatic heterocycles. The summed E-state index contributed by atoms with van der Waals surface area (Å²) in [6.07, 6.45) is 18.6. The minimum Gasteiger partial charge on any atom is -0.491 e. The van der Waals surface area contributed by atoms with Crippen molar-refractivity contribution in [2.24, 2.45) is 5.73 Å². The van der Waals surface area contributed by atoms with E-state index in [1.54, 1.807) is 201 Å². The van der Waals surface area contributed by atoms with Crippen LogP contribution in [0.3, 0.4) is 0 Å². The molecule has 2 saturated heterocycles. The molecule has 706 valence electrons. The van der Waals surface area contributed by atoms with Gasteiger partial charge in [-0.3, -0.25) is 29.0 Å². The molecule has 2 aliphatic carbocycles. The van der Waals surface area contributed by atoms with Crippen LogP contribution in [0, 0.1) is 0 Å². The van der Waals surface area contributed by atoms with Crippen molar-refractivity contribution < 1.29 is 81.2 Å². The number of sulfone groups is 4. The minimum atomic E-state index is -3.38. The summed E-state index contributed by atoms with van der Waals surface area (Å²) in [4.78, 5) is 116. The fraction of sp³-hybridized carbons (Fsp3) is 0.330. The van der Waals surface area contributed by atoms with Crippen molar-refractivity contribution in [1.29, 1.82) is 0 Å². The number of likely N-dealkylation sites (tertiary alicyclic amines) is 1. The van der Waals surface area contributed by atoms with Crippen LogP contribution in [-0.4, -0.2) is 217 Å². The van der Waals surface area contributed by atoms with Gasteiger partial charge >= 0.3 is 0 Å². The van der Waals surface area contributed by atoms with Crippen LogP contribution in [0.25, 0.3) is 84.1 Å². The number of hydrogen-bond donors (Lipinski definition) is 6. The number of benzene rings is 6. The van der Waals surface area contributed by atoms with Crippen LogP contribution < -0.4 is 15.8 Å². The number of piperidine rings is 1. The van der Waals surface area contributed by atoms with E-state index in [0.29, 0.717) is 166 Å². The molecule has 134 heavy (non-hydrogen) atoms. The van der Waals surface area contributed by atoms with Gasteiger partial charge in [0.15, 0.2) is 62.1 Å². The molecule has 7 N–H and O–H groups in total. The van der Waals surface area contributed by atoms with Gasteiger partial charge in [-0.1, -0.05) is 117 Å². The number of allylic oxidation sites excluding steroid dienone is 1. The maximum Gasteiger partial charge on any atom is 0.258 e. The highest BCUT2D eigenvalue weighted by atomic mass is 32.2. The zero-order valence-corrected chi connectivity index (χ0v) is 77.8. The Kier molecular flexibility index (Phi) is 29.4. The molecule has 6 aromatic carbocycles. The summed E-state index contributed by atoms with van der Waals surface area (Å²) >= 11 is 0. The molecule has 5 amide bonds. The number of para-hydroxylation sites is 1. The molecule has 3 fully saturated rings. The number of nitrogens with zero attached hydrogens (tertiary/aromatic N) is 11. The maximum absolute atomic E-state index is 13.4. The van der Waals surface area contributed by atoms with Crippen molar-refractivity contribution in [1.82, 2.24) is 74.8 Å². The third-order valence-electron chi connectivity index (χ3n) is 24.0. The van der Waals surface area contributed by atoms with Crippen molar-refractivity contribution in [3.05, 3.63) is 240 Å². The second-order valence-electron chi connectivity index (χ2n) is 33.8. The molecular formula is C97H112N16O17S4. The van der Waals surface area contributed by atoms with Crippen molar-refractivity contribution in [3.8, 4) is 50.8 Å². The summed E-state index contributed by atoms with van der Waals surface area (Å²) in [5, 5.41) is 10.3. The highest BCUT2D eigenvalue weighted by molar-refractivity contribution is 7.93. The van der Waals surface area contributed by atoms with Gasteiger partial charge in [-0.2, -0.15) is 0 Å².